The molecule has 74 valence electrons. The summed E-state index contributed by atoms with van der Waals surface area (Å²) >= 11 is 6.06. The Morgan fingerprint density at radius 1 is 1.43 bits per heavy atom. The first-order valence-electron chi connectivity index (χ1n) is 4.49. The van der Waals surface area contributed by atoms with Crippen LogP contribution in [0.3, 0.4) is 0 Å². The van der Waals surface area contributed by atoms with Crippen molar-refractivity contribution in [3.63, 3.8) is 0 Å². The van der Waals surface area contributed by atoms with E-state index < -0.39 is 0 Å². The van der Waals surface area contributed by atoms with Crippen LogP contribution in [0.15, 0.2) is 23.7 Å². The molecule has 1 rings (SSSR count). The number of nitrogens with zero attached hydrogens (tertiary/aromatic N) is 1. The zero-order chi connectivity index (χ0) is 10.7. The lowest BCUT2D eigenvalue weighted by atomic mass is 10.1. The Labute approximate surface area is 90.1 Å². The molecule has 0 radical (unpaired) electrons. The van der Waals surface area contributed by atoms with Gasteiger partial charge in [0, 0.05) is 10.7 Å². The highest BCUT2D eigenvalue weighted by molar-refractivity contribution is 6.31. The Bertz CT molecular complexity index is 388. The zero-order valence-corrected chi connectivity index (χ0v) is 9.52. The quantitative estimate of drug-likeness (QED) is 0.638. The maximum absolute atomic E-state index is 6.06. The van der Waals surface area contributed by atoms with E-state index in [1.54, 1.807) is 6.08 Å². The average molecular weight is 208 g/mol. The third-order valence-corrected chi connectivity index (χ3v) is 2.31. The molecule has 0 spiro atoms. The van der Waals surface area contributed by atoms with Crippen LogP contribution < -0.4 is 0 Å². The first kappa shape index (κ1) is 11.0. The zero-order valence-electron chi connectivity index (χ0n) is 8.76. The van der Waals surface area contributed by atoms with Gasteiger partial charge in [-0.25, -0.2) is 0 Å². The van der Waals surface area contributed by atoms with E-state index in [0.29, 0.717) is 0 Å². The van der Waals surface area contributed by atoms with E-state index in [-0.39, 0.29) is 0 Å². The Kier molecular flexibility index (Phi) is 3.48. The van der Waals surface area contributed by atoms with Crippen molar-refractivity contribution in [2.75, 3.05) is 0 Å². The van der Waals surface area contributed by atoms with E-state index >= 15 is 0 Å². The second-order valence-electron chi connectivity index (χ2n) is 3.41. The van der Waals surface area contributed by atoms with Crippen LogP contribution in [0.4, 0.5) is 5.69 Å². The second kappa shape index (κ2) is 4.43. The third-order valence-electron chi connectivity index (χ3n) is 1.92. The topological polar surface area (TPSA) is 12.4 Å². The lowest BCUT2D eigenvalue weighted by Crippen LogP contribution is -1.84. The minimum atomic E-state index is 0.738. The molecule has 0 unspecified atom stereocenters. The summed E-state index contributed by atoms with van der Waals surface area (Å²) in [5.41, 5.74) is 3.96. The van der Waals surface area contributed by atoms with Crippen molar-refractivity contribution in [2.45, 2.75) is 20.8 Å². The third kappa shape index (κ3) is 2.46. The van der Waals surface area contributed by atoms with Crippen molar-refractivity contribution in [1.29, 1.82) is 0 Å². The van der Waals surface area contributed by atoms with Gasteiger partial charge in [-0.3, -0.25) is 4.99 Å². The van der Waals surface area contributed by atoms with Gasteiger partial charge in [0.25, 0.3) is 0 Å². The van der Waals surface area contributed by atoms with Gasteiger partial charge >= 0.3 is 0 Å². The van der Waals surface area contributed by atoms with E-state index in [0.717, 1.165) is 27.5 Å². The van der Waals surface area contributed by atoms with Crippen LogP contribution >= 0.6 is 11.6 Å². The highest BCUT2D eigenvalue weighted by Crippen LogP contribution is 2.28. The molecular formula is C12H14ClN. The Morgan fingerprint density at radius 3 is 2.57 bits per heavy atom. The highest BCUT2D eigenvalue weighted by atomic mass is 35.5. The maximum Gasteiger partial charge on any atom is 0.0678 e. The summed E-state index contributed by atoms with van der Waals surface area (Å²) in [6, 6.07) is 3.88. The van der Waals surface area contributed by atoms with E-state index in [1.807, 2.05) is 32.9 Å². The van der Waals surface area contributed by atoms with Gasteiger partial charge in [0.1, 0.15) is 0 Å². The van der Waals surface area contributed by atoms with Crippen LogP contribution in [0, 0.1) is 6.92 Å². The number of hydrogen-bond donors (Lipinski definition) is 0. The van der Waals surface area contributed by atoms with E-state index in [4.69, 9.17) is 11.6 Å². The molecule has 0 aliphatic heterocycles. The molecule has 0 atom stereocenters. The molecule has 1 aromatic rings. The molecule has 1 nitrogen and oxygen atoms in total. The number of aliphatic imine (C=N–C) groups is 1. The Hall–Kier alpha value is -1.08. The Balaban J connectivity index is 3.34. The van der Waals surface area contributed by atoms with Crippen molar-refractivity contribution in [3.05, 3.63) is 34.9 Å². The van der Waals surface area contributed by atoms with Gasteiger partial charge in [0.2, 0.25) is 0 Å². The summed E-state index contributed by atoms with van der Waals surface area (Å²) in [6.45, 7) is 9.62. The summed E-state index contributed by atoms with van der Waals surface area (Å²) in [4.78, 5) is 4.41. The van der Waals surface area contributed by atoms with Crippen LogP contribution in [-0.2, 0) is 0 Å². The van der Waals surface area contributed by atoms with Crippen molar-refractivity contribution < 1.29 is 0 Å². The molecule has 1 aromatic carbocycles. The molecule has 0 saturated carbocycles. The molecule has 14 heavy (non-hydrogen) atoms. The molecule has 0 heterocycles. The van der Waals surface area contributed by atoms with Gasteiger partial charge in [-0.2, -0.15) is 0 Å². The first-order chi connectivity index (χ1) is 6.54. The Morgan fingerprint density at radius 2 is 2.07 bits per heavy atom. The van der Waals surface area contributed by atoms with Crippen LogP contribution in [0.1, 0.15) is 25.0 Å². The smallest absolute Gasteiger partial charge is 0.0678 e. The van der Waals surface area contributed by atoms with Crippen molar-refractivity contribution in [2.24, 2.45) is 4.99 Å². The molecule has 0 saturated heterocycles. The molecule has 0 bridgehead atoms. The molecule has 0 fully saturated rings. The van der Waals surface area contributed by atoms with Gasteiger partial charge in [-0.1, -0.05) is 24.3 Å². The minimum absolute atomic E-state index is 0.738. The standard InChI is InChI=1S/C12H14ClN/c1-5-10-6-11(13)9(4)12(7-10)14-8(2)3/h5-7H,1H2,2-4H3. The number of benzene rings is 1. The van der Waals surface area contributed by atoms with E-state index in [1.165, 1.54) is 0 Å². The fourth-order valence-corrected chi connectivity index (χ4v) is 1.38. The van der Waals surface area contributed by atoms with Gasteiger partial charge < -0.3 is 0 Å². The summed E-state index contributed by atoms with van der Waals surface area (Å²) in [6.07, 6.45) is 1.77. The van der Waals surface area contributed by atoms with Crippen LogP contribution in [0.25, 0.3) is 6.08 Å². The summed E-state index contributed by atoms with van der Waals surface area (Å²) < 4.78 is 0. The molecule has 0 aliphatic carbocycles. The number of rotatable bonds is 2. The summed E-state index contributed by atoms with van der Waals surface area (Å²) in [5, 5.41) is 0.738. The number of hydrogen-bond acceptors (Lipinski definition) is 1. The molecule has 0 amide bonds. The van der Waals surface area contributed by atoms with Crippen LogP contribution in [0.5, 0.6) is 0 Å². The molecule has 2 heteroatoms. The van der Waals surface area contributed by atoms with Crippen molar-refractivity contribution in [1.82, 2.24) is 0 Å². The van der Waals surface area contributed by atoms with Crippen molar-refractivity contribution in [3.8, 4) is 0 Å². The second-order valence-corrected chi connectivity index (χ2v) is 3.82. The fourth-order valence-electron chi connectivity index (χ4n) is 1.16. The molecule has 0 N–H and O–H groups in total. The normalized spacial score (nSPS) is 9.71. The first-order valence-corrected chi connectivity index (χ1v) is 4.87. The van der Waals surface area contributed by atoms with E-state index in [9.17, 15) is 0 Å². The summed E-state index contributed by atoms with van der Waals surface area (Å²) in [5.74, 6) is 0. The molecule has 0 aromatic heterocycles. The molecule has 0 aliphatic rings. The van der Waals surface area contributed by atoms with Crippen molar-refractivity contribution >= 4 is 29.1 Å². The van der Waals surface area contributed by atoms with E-state index in [2.05, 4.69) is 11.6 Å². The predicted molar refractivity (Wildman–Crippen MR) is 64.7 cm³/mol. The lowest BCUT2D eigenvalue weighted by Gasteiger charge is -2.05. The largest absolute Gasteiger partial charge is 0.258 e. The van der Waals surface area contributed by atoms with Gasteiger partial charge in [-0.05, 0) is 44.0 Å². The van der Waals surface area contributed by atoms with Crippen LogP contribution in [0.2, 0.25) is 5.02 Å². The molecular weight excluding hydrogens is 194 g/mol. The monoisotopic (exact) mass is 207 g/mol. The summed E-state index contributed by atoms with van der Waals surface area (Å²) in [7, 11) is 0. The number of halogens is 1. The minimum Gasteiger partial charge on any atom is -0.258 e. The maximum atomic E-state index is 6.06. The van der Waals surface area contributed by atoms with Crippen LogP contribution in [-0.4, -0.2) is 5.71 Å². The SMILES string of the molecule is C=Cc1cc(Cl)c(C)c(N=C(C)C)c1. The van der Waals surface area contributed by atoms with Gasteiger partial charge in [0.05, 0.1) is 5.69 Å². The highest BCUT2D eigenvalue weighted by Gasteiger charge is 2.03. The van der Waals surface area contributed by atoms with Gasteiger partial charge in [0.15, 0.2) is 0 Å². The van der Waals surface area contributed by atoms with Gasteiger partial charge in [-0.15, -0.1) is 0 Å². The average Bonchev–Trinajstić information content (AvgIpc) is 2.11. The fraction of sp³-hybridized carbons (Fsp3) is 0.250. The lowest BCUT2D eigenvalue weighted by molar-refractivity contribution is 1.37. The predicted octanol–water partition coefficient (Wildman–Crippen LogP) is 4.40.